The lowest BCUT2D eigenvalue weighted by Crippen LogP contribution is -2.38. The van der Waals surface area contributed by atoms with E-state index < -0.39 is 12.1 Å². The van der Waals surface area contributed by atoms with Gasteiger partial charge < -0.3 is 5.32 Å². The molecule has 1 aliphatic rings. The first kappa shape index (κ1) is 14.9. The third-order valence-corrected chi connectivity index (χ3v) is 4.45. The lowest BCUT2D eigenvalue weighted by atomic mass is 9.85. The summed E-state index contributed by atoms with van der Waals surface area (Å²) in [6.07, 6.45) is -2.09. The van der Waals surface area contributed by atoms with Crippen molar-refractivity contribution >= 4 is 15.9 Å². The first-order valence-electron chi connectivity index (χ1n) is 6.50. The largest absolute Gasteiger partial charge is 0.391 e. The van der Waals surface area contributed by atoms with Crippen molar-refractivity contribution in [1.82, 2.24) is 5.32 Å². The molecule has 1 saturated carbocycles. The van der Waals surface area contributed by atoms with Gasteiger partial charge in [0.2, 0.25) is 0 Å². The second kappa shape index (κ2) is 6.27. The fourth-order valence-electron chi connectivity index (χ4n) is 2.57. The van der Waals surface area contributed by atoms with E-state index in [1.54, 1.807) is 0 Å². The van der Waals surface area contributed by atoms with E-state index in [2.05, 4.69) is 21.2 Å². The zero-order valence-corrected chi connectivity index (χ0v) is 12.1. The molecule has 5 heteroatoms. The summed E-state index contributed by atoms with van der Waals surface area (Å²) in [5.41, 5.74) is 1.08. The summed E-state index contributed by atoms with van der Waals surface area (Å²) >= 11 is 3.44. The van der Waals surface area contributed by atoms with Crippen molar-refractivity contribution in [3.8, 4) is 0 Å². The first-order valence-corrected chi connectivity index (χ1v) is 7.29. The standard InChI is InChI=1S/C14H17BrF3N/c15-13-7-2-1-4-10(13)9-19-12-6-3-5-11(8-12)14(16,17)18/h1-2,4,7,11-12,19H,3,5-6,8-9H2. The van der Waals surface area contributed by atoms with Gasteiger partial charge in [0, 0.05) is 17.1 Å². The number of alkyl halides is 3. The Morgan fingerprint density at radius 3 is 2.63 bits per heavy atom. The van der Waals surface area contributed by atoms with Crippen molar-refractivity contribution in [3.63, 3.8) is 0 Å². The van der Waals surface area contributed by atoms with Crippen LogP contribution in [0, 0.1) is 5.92 Å². The summed E-state index contributed by atoms with van der Waals surface area (Å²) in [6.45, 7) is 0.608. The van der Waals surface area contributed by atoms with Crippen molar-refractivity contribution in [2.75, 3.05) is 0 Å². The zero-order chi connectivity index (χ0) is 13.9. The molecule has 0 amide bonds. The smallest absolute Gasteiger partial charge is 0.310 e. The molecule has 0 saturated heterocycles. The molecular weight excluding hydrogens is 319 g/mol. The maximum absolute atomic E-state index is 12.7. The maximum atomic E-state index is 12.7. The highest BCUT2D eigenvalue weighted by Crippen LogP contribution is 2.37. The summed E-state index contributed by atoms with van der Waals surface area (Å²) in [6, 6.07) is 7.74. The van der Waals surface area contributed by atoms with Gasteiger partial charge in [0.25, 0.3) is 0 Å². The van der Waals surface area contributed by atoms with Crippen molar-refractivity contribution < 1.29 is 13.2 Å². The molecule has 2 atom stereocenters. The second-order valence-corrected chi connectivity index (χ2v) is 5.93. The third-order valence-electron chi connectivity index (χ3n) is 3.68. The quantitative estimate of drug-likeness (QED) is 0.847. The number of nitrogens with one attached hydrogen (secondary N) is 1. The Hall–Kier alpha value is -0.550. The lowest BCUT2D eigenvalue weighted by Gasteiger charge is -2.31. The highest BCUT2D eigenvalue weighted by Gasteiger charge is 2.41. The minimum absolute atomic E-state index is 0.0347. The summed E-state index contributed by atoms with van der Waals surface area (Å²) in [5.74, 6) is -1.14. The molecule has 2 unspecified atom stereocenters. The van der Waals surface area contributed by atoms with Gasteiger partial charge in [-0.15, -0.1) is 0 Å². The average Bonchev–Trinajstić information content (AvgIpc) is 2.37. The van der Waals surface area contributed by atoms with Crippen LogP contribution in [-0.2, 0) is 6.54 Å². The van der Waals surface area contributed by atoms with E-state index >= 15 is 0 Å². The monoisotopic (exact) mass is 335 g/mol. The van der Waals surface area contributed by atoms with E-state index in [4.69, 9.17) is 0 Å². The van der Waals surface area contributed by atoms with E-state index in [9.17, 15) is 13.2 Å². The Balaban J connectivity index is 1.88. The molecular formula is C14H17BrF3N. The van der Waals surface area contributed by atoms with E-state index in [-0.39, 0.29) is 18.9 Å². The molecule has 19 heavy (non-hydrogen) atoms. The van der Waals surface area contributed by atoms with Crippen LogP contribution in [-0.4, -0.2) is 12.2 Å². The Morgan fingerprint density at radius 1 is 1.21 bits per heavy atom. The molecule has 1 aromatic carbocycles. The molecule has 0 radical (unpaired) electrons. The van der Waals surface area contributed by atoms with Crippen LogP contribution in [0.3, 0.4) is 0 Å². The van der Waals surface area contributed by atoms with Crippen LogP contribution < -0.4 is 5.32 Å². The zero-order valence-electron chi connectivity index (χ0n) is 10.5. The van der Waals surface area contributed by atoms with Gasteiger partial charge in [-0.1, -0.05) is 40.5 Å². The van der Waals surface area contributed by atoms with Crippen LogP contribution in [0.25, 0.3) is 0 Å². The molecule has 106 valence electrons. The number of halogens is 4. The molecule has 0 aliphatic heterocycles. The highest BCUT2D eigenvalue weighted by atomic mass is 79.9. The Morgan fingerprint density at radius 2 is 1.95 bits per heavy atom. The molecule has 1 aromatic rings. The summed E-state index contributed by atoms with van der Waals surface area (Å²) in [7, 11) is 0. The van der Waals surface area contributed by atoms with Gasteiger partial charge in [0.05, 0.1) is 5.92 Å². The molecule has 0 heterocycles. The molecule has 0 bridgehead atoms. The topological polar surface area (TPSA) is 12.0 Å². The predicted molar refractivity (Wildman–Crippen MR) is 72.8 cm³/mol. The van der Waals surface area contributed by atoms with Gasteiger partial charge in [0.15, 0.2) is 0 Å². The van der Waals surface area contributed by atoms with E-state index in [1.807, 2.05) is 24.3 Å². The van der Waals surface area contributed by atoms with Gasteiger partial charge in [0.1, 0.15) is 0 Å². The first-order chi connectivity index (χ1) is 8.97. The van der Waals surface area contributed by atoms with Crippen molar-refractivity contribution in [2.45, 2.75) is 44.4 Å². The SMILES string of the molecule is FC(F)(F)C1CCCC(NCc2ccccc2Br)C1. The summed E-state index contributed by atoms with van der Waals surface area (Å²) in [4.78, 5) is 0. The normalized spacial score (nSPS) is 24.4. The number of hydrogen-bond acceptors (Lipinski definition) is 1. The highest BCUT2D eigenvalue weighted by molar-refractivity contribution is 9.10. The van der Waals surface area contributed by atoms with Crippen LogP contribution in [0.15, 0.2) is 28.7 Å². The molecule has 1 fully saturated rings. The number of hydrogen-bond donors (Lipinski definition) is 1. The van der Waals surface area contributed by atoms with Crippen molar-refractivity contribution in [2.24, 2.45) is 5.92 Å². The number of rotatable bonds is 3. The third kappa shape index (κ3) is 4.21. The Bertz CT molecular complexity index is 419. The molecule has 2 rings (SSSR count). The van der Waals surface area contributed by atoms with Crippen LogP contribution >= 0.6 is 15.9 Å². The van der Waals surface area contributed by atoms with Gasteiger partial charge in [-0.3, -0.25) is 0 Å². The van der Waals surface area contributed by atoms with Gasteiger partial charge in [-0.25, -0.2) is 0 Å². The predicted octanol–water partition coefficient (Wildman–Crippen LogP) is 4.66. The number of benzene rings is 1. The Kier molecular flexibility index (Phi) is 4.90. The van der Waals surface area contributed by atoms with Gasteiger partial charge in [-0.2, -0.15) is 13.2 Å². The van der Waals surface area contributed by atoms with Crippen molar-refractivity contribution in [3.05, 3.63) is 34.3 Å². The average molecular weight is 336 g/mol. The van der Waals surface area contributed by atoms with Crippen LogP contribution in [0.4, 0.5) is 13.2 Å². The van der Waals surface area contributed by atoms with Crippen LogP contribution in [0.1, 0.15) is 31.2 Å². The fourth-order valence-corrected chi connectivity index (χ4v) is 2.99. The summed E-state index contributed by atoms with van der Waals surface area (Å²) in [5, 5.41) is 3.25. The van der Waals surface area contributed by atoms with Crippen LogP contribution in [0.2, 0.25) is 0 Å². The minimum atomic E-state index is -4.05. The molecule has 1 N–H and O–H groups in total. The molecule has 1 nitrogen and oxygen atoms in total. The minimum Gasteiger partial charge on any atom is -0.310 e. The lowest BCUT2D eigenvalue weighted by molar-refractivity contribution is -0.183. The van der Waals surface area contributed by atoms with Gasteiger partial charge in [-0.05, 0) is 30.9 Å². The summed E-state index contributed by atoms with van der Waals surface area (Å²) < 4.78 is 39.1. The van der Waals surface area contributed by atoms with E-state index in [0.717, 1.165) is 16.5 Å². The van der Waals surface area contributed by atoms with E-state index in [1.165, 1.54) is 0 Å². The van der Waals surface area contributed by atoms with E-state index in [0.29, 0.717) is 13.0 Å². The van der Waals surface area contributed by atoms with Gasteiger partial charge >= 0.3 is 6.18 Å². The molecule has 1 aliphatic carbocycles. The van der Waals surface area contributed by atoms with Crippen molar-refractivity contribution in [1.29, 1.82) is 0 Å². The second-order valence-electron chi connectivity index (χ2n) is 5.07. The Labute approximate surface area is 119 Å². The van der Waals surface area contributed by atoms with Crippen LogP contribution in [0.5, 0.6) is 0 Å². The molecule has 0 spiro atoms. The maximum Gasteiger partial charge on any atom is 0.391 e. The molecule has 0 aromatic heterocycles. The fraction of sp³-hybridized carbons (Fsp3) is 0.571.